The summed E-state index contributed by atoms with van der Waals surface area (Å²) in [6, 6.07) is 24.1. The van der Waals surface area contributed by atoms with E-state index >= 15 is 0 Å². The van der Waals surface area contributed by atoms with E-state index in [4.69, 9.17) is 4.74 Å². The second-order valence-electron chi connectivity index (χ2n) is 6.60. The Morgan fingerprint density at radius 1 is 0.852 bits per heavy atom. The van der Waals surface area contributed by atoms with E-state index in [1.54, 1.807) is 6.07 Å². The van der Waals surface area contributed by atoms with Crippen LogP contribution in [0.5, 0.6) is 5.75 Å². The van der Waals surface area contributed by atoms with Gasteiger partial charge in [0.2, 0.25) is 0 Å². The van der Waals surface area contributed by atoms with Crippen LogP contribution >= 0.6 is 0 Å². The second-order valence-corrected chi connectivity index (χ2v) is 6.60. The van der Waals surface area contributed by atoms with Crippen molar-refractivity contribution in [1.82, 2.24) is 0 Å². The first-order chi connectivity index (χ1) is 13.2. The van der Waals surface area contributed by atoms with E-state index in [1.807, 2.05) is 18.2 Å². The fraction of sp³-hybridized carbons (Fsp3) is 0.125. The van der Waals surface area contributed by atoms with Gasteiger partial charge in [0.25, 0.3) is 0 Å². The Bertz CT molecular complexity index is 1090. The van der Waals surface area contributed by atoms with Gasteiger partial charge in [-0.15, -0.1) is 0 Å². The molecule has 4 aromatic carbocycles. The lowest BCUT2D eigenvalue weighted by molar-refractivity contribution is 0.0596. The molecule has 0 aliphatic rings. The molecular formula is C24H20O3. The highest BCUT2D eigenvalue weighted by atomic mass is 16.5. The van der Waals surface area contributed by atoms with Gasteiger partial charge in [-0.2, -0.15) is 0 Å². The summed E-state index contributed by atoms with van der Waals surface area (Å²) in [5.74, 6) is -0.548. The maximum absolute atomic E-state index is 12.1. The average Bonchev–Trinajstić information content (AvgIpc) is 2.70. The molecule has 0 spiro atoms. The van der Waals surface area contributed by atoms with Gasteiger partial charge in [0.05, 0.1) is 7.11 Å². The summed E-state index contributed by atoms with van der Waals surface area (Å²) in [5.41, 5.74) is 2.30. The molecular weight excluding hydrogens is 336 g/mol. The number of aryl methyl sites for hydroxylation is 2. The summed E-state index contributed by atoms with van der Waals surface area (Å²) in [6.45, 7) is 0. The van der Waals surface area contributed by atoms with E-state index in [0.29, 0.717) is 6.42 Å². The highest BCUT2D eigenvalue weighted by Crippen LogP contribution is 2.30. The molecule has 0 unspecified atom stereocenters. The van der Waals surface area contributed by atoms with Gasteiger partial charge in [-0.1, -0.05) is 60.7 Å². The van der Waals surface area contributed by atoms with Crippen LogP contribution < -0.4 is 0 Å². The summed E-state index contributed by atoms with van der Waals surface area (Å²) in [4.78, 5) is 12.1. The number of benzene rings is 4. The van der Waals surface area contributed by atoms with Gasteiger partial charge in [-0.25, -0.2) is 4.79 Å². The maximum atomic E-state index is 12.1. The Labute approximate surface area is 157 Å². The lowest BCUT2D eigenvalue weighted by atomic mass is 9.91. The second kappa shape index (κ2) is 7.12. The van der Waals surface area contributed by atoms with E-state index < -0.39 is 5.97 Å². The summed E-state index contributed by atoms with van der Waals surface area (Å²) < 4.78 is 4.85. The summed E-state index contributed by atoms with van der Waals surface area (Å²) >= 11 is 0. The van der Waals surface area contributed by atoms with E-state index in [1.165, 1.54) is 40.3 Å². The van der Waals surface area contributed by atoms with Crippen molar-refractivity contribution in [3.8, 4) is 5.75 Å². The van der Waals surface area contributed by atoms with Crippen molar-refractivity contribution >= 4 is 27.5 Å². The highest BCUT2D eigenvalue weighted by Gasteiger charge is 2.17. The molecule has 4 rings (SSSR count). The van der Waals surface area contributed by atoms with Crippen molar-refractivity contribution in [3.63, 3.8) is 0 Å². The fourth-order valence-electron chi connectivity index (χ4n) is 3.77. The SMILES string of the molecule is COC(=O)c1c(O)cccc1CCc1c2ccccc2cc2ccccc12. The molecule has 1 N–H and O–H groups in total. The zero-order chi connectivity index (χ0) is 18.8. The van der Waals surface area contributed by atoms with E-state index in [-0.39, 0.29) is 11.3 Å². The van der Waals surface area contributed by atoms with Crippen LogP contribution in [-0.2, 0) is 17.6 Å². The van der Waals surface area contributed by atoms with Crippen molar-refractivity contribution in [2.24, 2.45) is 0 Å². The topological polar surface area (TPSA) is 46.5 Å². The molecule has 0 saturated heterocycles. The molecule has 3 nitrogen and oxygen atoms in total. The number of rotatable bonds is 4. The van der Waals surface area contributed by atoms with Crippen LogP contribution in [-0.4, -0.2) is 18.2 Å². The number of hydrogen-bond donors (Lipinski definition) is 1. The van der Waals surface area contributed by atoms with E-state index in [2.05, 4.69) is 42.5 Å². The summed E-state index contributed by atoms with van der Waals surface area (Å²) in [6.07, 6.45) is 1.39. The third-order valence-electron chi connectivity index (χ3n) is 5.05. The van der Waals surface area contributed by atoms with E-state index in [9.17, 15) is 9.90 Å². The van der Waals surface area contributed by atoms with Crippen LogP contribution in [0, 0.1) is 0 Å². The molecule has 0 heterocycles. The summed E-state index contributed by atoms with van der Waals surface area (Å²) in [5, 5.41) is 15.0. The predicted octanol–water partition coefficient (Wildman–Crippen LogP) is 5.27. The van der Waals surface area contributed by atoms with Gasteiger partial charge < -0.3 is 9.84 Å². The molecule has 0 aromatic heterocycles. The zero-order valence-corrected chi connectivity index (χ0v) is 15.1. The highest BCUT2D eigenvalue weighted by molar-refractivity contribution is 6.02. The van der Waals surface area contributed by atoms with Gasteiger partial charge in [0, 0.05) is 0 Å². The molecule has 0 bridgehead atoms. The fourth-order valence-corrected chi connectivity index (χ4v) is 3.77. The van der Waals surface area contributed by atoms with Gasteiger partial charge in [0.1, 0.15) is 11.3 Å². The first-order valence-corrected chi connectivity index (χ1v) is 8.97. The maximum Gasteiger partial charge on any atom is 0.341 e. The minimum absolute atomic E-state index is 0.0397. The number of methoxy groups -OCH3 is 1. The number of fused-ring (bicyclic) bond motifs is 2. The Hall–Kier alpha value is -3.33. The van der Waals surface area contributed by atoms with Gasteiger partial charge in [-0.05, 0) is 57.6 Å². The number of aromatic hydroxyl groups is 1. The quantitative estimate of drug-likeness (QED) is 0.400. The molecule has 3 heteroatoms. The number of hydrogen-bond acceptors (Lipinski definition) is 3. The molecule has 134 valence electrons. The Balaban J connectivity index is 1.81. The Morgan fingerprint density at radius 2 is 1.48 bits per heavy atom. The van der Waals surface area contributed by atoms with Gasteiger partial charge in [0.15, 0.2) is 0 Å². The van der Waals surface area contributed by atoms with Crippen LogP contribution in [0.1, 0.15) is 21.5 Å². The molecule has 0 amide bonds. The van der Waals surface area contributed by atoms with Crippen LogP contribution in [0.4, 0.5) is 0 Å². The van der Waals surface area contributed by atoms with Gasteiger partial charge in [-0.3, -0.25) is 0 Å². The number of phenolic OH excluding ortho intramolecular Hbond substituents is 1. The number of phenols is 1. The van der Waals surface area contributed by atoms with E-state index in [0.717, 1.165) is 12.0 Å². The van der Waals surface area contributed by atoms with Crippen LogP contribution in [0.2, 0.25) is 0 Å². The number of esters is 1. The predicted molar refractivity (Wildman–Crippen MR) is 108 cm³/mol. The number of carbonyl (C=O) groups is 1. The minimum Gasteiger partial charge on any atom is -0.507 e. The van der Waals surface area contributed by atoms with Crippen molar-refractivity contribution in [1.29, 1.82) is 0 Å². The zero-order valence-electron chi connectivity index (χ0n) is 15.1. The lowest BCUT2D eigenvalue weighted by Crippen LogP contribution is -2.07. The van der Waals surface area contributed by atoms with Crippen LogP contribution in [0.25, 0.3) is 21.5 Å². The number of ether oxygens (including phenoxy) is 1. The molecule has 0 fully saturated rings. The normalized spacial score (nSPS) is 11.0. The van der Waals surface area contributed by atoms with Crippen LogP contribution in [0.3, 0.4) is 0 Å². The minimum atomic E-state index is -0.508. The first kappa shape index (κ1) is 17.1. The van der Waals surface area contributed by atoms with Gasteiger partial charge >= 0.3 is 5.97 Å². The smallest absolute Gasteiger partial charge is 0.341 e. The molecule has 0 aliphatic carbocycles. The molecule has 0 saturated carbocycles. The standard InChI is InChI=1S/C24H20O3/c1-27-24(26)23-16(9-6-12-22(23)25)13-14-21-19-10-4-2-7-17(19)15-18-8-3-5-11-20(18)21/h2-12,15,25H,13-14H2,1H3. The lowest BCUT2D eigenvalue weighted by Gasteiger charge is -2.13. The van der Waals surface area contributed by atoms with Crippen molar-refractivity contribution in [2.75, 3.05) is 7.11 Å². The largest absolute Gasteiger partial charge is 0.507 e. The molecule has 0 radical (unpaired) electrons. The van der Waals surface area contributed by atoms with Crippen molar-refractivity contribution in [2.45, 2.75) is 12.8 Å². The monoisotopic (exact) mass is 356 g/mol. The van der Waals surface area contributed by atoms with Crippen molar-refractivity contribution < 1.29 is 14.6 Å². The average molecular weight is 356 g/mol. The third-order valence-corrected chi connectivity index (χ3v) is 5.05. The Kier molecular flexibility index (Phi) is 4.51. The first-order valence-electron chi connectivity index (χ1n) is 8.97. The molecule has 0 aliphatic heterocycles. The van der Waals surface area contributed by atoms with Crippen molar-refractivity contribution in [3.05, 3.63) is 89.5 Å². The number of carbonyl (C=O) groups excluding carboxylic acids is 1. The molecule has 4 aromatic rings. The molecule has 0 atom stereocenters. The Morgan fingerprint density at radius 3 is 2.11 bits per heavy atom. The third kappa shape index (κ3) is 3.13. The summed E-state index contributed by atoms with van der Waals surface area (Å²) in [7, 11) is 1.33. The molecule has 27 heavy (non-hydrogen) atoms. The van der Waals surface area contributed by atoms with Crippen LogP contribution in [0.15, 0.2) is 72.8 Å².